The van der Waals surface area contributed by atoms with Crippen molar-refractivity contribution in [3.63, 3.8) is 0 Å². The van der Waals surface area contributed by atoms with Gasteiger partial charge in [-0.2, -0.15) is 0 Å². The van der Waals surface area contributed by atoms with Crippen LogP contribution >= 0.6 is 63.7 Å². The molecule has 0 heterocycles. The molecule has 2 rings (SSSR count). The predicted molar refractivity (Wildman–Crippen MR) is 148 cm³/mol. The smallest absolute Gasteiger partial charge is 0.0283 e. The van der Waals surface area contributed by atoms with Crippen LogP contribution in [-0.2, 0) is 34.2 Å². The zero-order valence-electron chi connectivity index (χ0n) is 17.9. The summed E-state index contributed by atoms with van der Waals surface area (Å²) in [6, 6.07) is 14.0. The molecule has 2 aromatic rings. The molecule has 4 heteroatoms. The highest BCUT2D eigenvalue weighted by molar-refractivity contribution is 9.09. The third-order valence-corrected chi connectivity index (χ3v) is 8.11. The second-order valence-corrected chi connectivity index (χ2v) is 10.4. The maximum absolute atomic E-state index is 3.59. The number of benzene rings is 2. The van der Waals surface area contributed by atoms with Gasteiger partial charge in [-0.1, -0.05) is 139 Å². The average molecular weight is 666 g/mol. The van der Waals surface area contributed by atoms with Gasteiger partial charge < -0.3 is 0 Å². The molecule has 30 heavy (non-hydrogen) atoms. The molecule has 0 bridgehead atoms. The minimum Gasteiger partial charge on any atom is -0.0876 e. The Bertz CT molecular complexity index is 634. The van der Waals surface area contributed by atoms with Crippen molar-refractivity contribution in [1.82, 2.24) is 0 Å². The second-order valence-electron chi connectivity index (χ2n) is 8.18. The summed E-state index contributed by atoms with van der Waals surface area (Å²) in [6.45, 7) is 0. The minimum absolute atomic E-state index is 0.945. The SMILES string of the molecule is BrCc1cc(CBr)cc(CCCCCCCCCCc2cc(CBr)cc(CBr)c2)c1. The summed E-state index contributed by atoms with van der Waals surface area (Å²) in [5.41, 5.74) is 8.56. The summed E-state index contributed by atoms with van der Waals surface area (Å²) < 4.78 is 0. The van der Waals surface area contributed by atoms with Crippen LogP contribution < -0.4 is 0 Å². The molecule has 0 saturated carbocycles. The van der Waals surface area contributed by atoms with Crippen molar-refractivity contribution < 1.29 is 0 Å². The normalized spacial score (nSPS) is 11.2. The fraction of sp³-hybridized carbons (Fsp3) is 0.538. The standard InChI is InChI=1S/C26H34Br4/c27-17-23-11-21(12-24(15-23)18-28)9-7-5-3-1-2-4-6-8-10-22-13-25(19-29)16-26(14-22)20-30/h11-16H,1-10,17-20H2. The first kappa shape index (κ1) is 26.6. The molecule has 0 atom stereocenters. The largest absolute Gasteiger partial charge is 0.0876 e. The molecule has 0 radical (unpaired) electrons. The van der Waals surface area contributed by atoms with Gasteiger partial charge in [-0.15, -0.1) is 0 Å². The number of aryl methyl sites for hydroxylation is 2. The zero-order chi connectivity index (χ0) is 21.6. The second kappa shape index (κ2) is 16.0. The van der Waals surface area contributed by atoms with Crippen molar-refractivity contribution in [2.24, 2.45) is 0 Å². The van der Waals surface area contributed by atoms with Crippen molar-refractivity contribution in [1.29, 1.82) is 0 Å². The Hall–Kier alpha value is 0.360. The van der Waals surface area contributed by atoms with Crippen LogP contribution in [0.3, 0.4) is 0 Å². The van der Waals surface area contributed by atoms with Gasteiger partial charge in [-0.25, -0.2) is 0 Å². The maximum Gasteiger partial charge on any atom is 0.0283 e. The lowest BCUT2D eigenvalue weighted by Gasteiger charge is -2.08. The van der Waals surface area contributed by atoms with Crippen molar-refractivity contribution >= 4 is 63.7 Å². The molecule has 0 aliphatic rings. The molecule has 0 N–H and O–H groups in total. The molecule has 0 amide bonds. The first-order valence-corrected chi connectivity index (χ1v) is 15.6. The lowest BCUT2D eigenvalue weighted by Crippen LogP contribution is -1.92. The van der Waals surface area contributed by atoms with E-state index in [-0.39, 0.29) is 0 Å². The Kier molecular flexibility index (Phi) is 14.2. The third-order valence-electron chi connectivity index (χ3n) is 5.52. The van der Waals surface area contributed by atoms with Gasteiger partial charge in [0.25, 0.3) is 0 Å². The molecule has 0 aliphatic carbocycles. The molecule has 0 aliphatic heterocycles. The van der Waals surface area contributed by atoms with Gasteiger partial charge in [0.15, 0.2) is 0 Å². The van der Waals surface area contributed by atoms with Crippen LogP contribution in [0.25, 0.3) is 0 Å². The fourth-order valence-corrected chi connectivity index (χ4v) is 5.29. The van der Waals surface area contributed by atoms with E-state index in [1.54, 1.807) is 0 Å². The predicted octanol–water partition coefficient (Wildman–Crippen LogP) is 10.2. The van der Waals surface area contributed by atoms with Crippen molar-refractivity contribution in [2.45, 2.75) is 85.5 Å². The van der Waals surface area contributed by atoms with Crippen molar-refractivity contribution in [3.8, 4) is 0 Å². The number of rotatable bonds is 15. The van der Waals surface area contributed by atoms with Gasteiger partial charge in [-0.3, -0.25) is 0 Å². The first-order chi connectivity index (χ1) is 14.7. The summed E-state index contributed by atoms with van der Waals surface area (Å²) in [6.07, 6.45) is 13.3. The molecule has 0 saturated heterocycles. The van der Waals surface area contributed by atoms with Crippen LogP contribution in [0.15, 0.2) is 36.4 Å². The lowest BCUT2D eigenvalue weighted by molar-refractivity contribution is 0.567. The quantitative estimate of drug-likeness (QED) is 0.131. The van der Waals surface area contributed by atoms with E-state index in [1.165, 1.54) is 97.6 Å². The average Bonchev–Trinajstić information content (AvgIpc) is 2.79. The number of unbranched alkanes of at least 4 members (excludes halogenated alkanes) is 7. The minimum atomic E-state index is 0.945. The summed E-state index contributed by atoms with van der Waals surface area (Å²) in [7, 11) is 0. The highest BCUT2D eigenvalue weighted by atomic mass is 79.9. The molecule has 0 aromatic heterocycles. The first-order valence-electron chi connectivity index (χ1n) is 11.2. The zero-order valence-corrected chi connectivity index (χ0v) is 24.2. The van der Waals surface area contributed by atoms with Crippen LogP contribution in [0.2, 0.25) is 0 Å². The van der Waals surface area contributed by atoms with E-state index < -0.39 is 0 Å². The molecule has 0 spiro atoms. The van der Waals surface area contributed by atoms with E-state index in [9.17, 15) is 0 Å². The molecule has 0 nitrogen and oxygen atoms in total. The summed E-state index contributed by atoms with van der Waals surface area (Å²) in [4.78, 5) is 0. The van der Waals surface area contributed by atoms with Gasteiger partial charge in [0.1, 0.15) is 0 Å². The lowest BCUT2D eigenvalue weighted by atomic mass is 10.00. The summed E-state index contributed by atoms with van der Waals surface area (Å²) >= 11 is 14.4. The van der Waals surface area contributed by atoms with E-state index in [0.29, 0.717) is 0 Å². The molecule has 2 aromatic carbocycles. The van der Waals surface area contributed by atoms with Crippen molar-refractivity contribution in [3.05, 3.63) is 69.8 Å². The van der Waals surface area contributed by atoms with Gasteiger partial charge in [0.05, 0.1) is 0 Å². The molecular formula is C26H34Br4. The molecule has 0 unspecified atom stereocenters. The third kappa shape index (κ3) is 10.3. The summed E-state index contributed by atoms with van der Waals surface area (Å²) in [5, 5.41) is 3.78. The van der Waals surface area contributed by atoms with Gasteiger partial charge in [0.2, 0.25) is 0 Å². The Morgan fingerprint density at radius 3 is 0.833 bits per heavy atom. The maximum atomic E-state index is 3.59. The van der Waals surface area contributed by atoms with E-state index in [4.69, 9.17) is 0 Å². The topological polar surface area (TPSA) is 0 Å². The van der Waals surface area contributed by atoms with Crippen molar-refractivity contribution in [2.75, 3.05) is 0 Å². The van der Waals surface area contributed by atoms with Gasteiger partial charge in [0, 0.05) is 21.3 Å². The molecule has 166 valence electrons. The summed E-state index contributed by atoms with van der Waals surface area (Å²) in [5.74, 6) is 0. The Morgan fingerprint density at radius 2 is 0.567 bits per heavy atom. The highest BCUT2D eigenvalue weighted by Gasteiger charge is 2.02. The number of halogens is 4. The number of hydrogen-bond donors (Lipinski definition) is 0. The molecule has 0 fully saturated rings. The van der Waals surface area contributed by atoms with E-state index in [0.717, 1.165) is 21.3 Å². The highest BCUT2D eigenvalue weighted by Crippen LogP contribution is 2.20. The van der Waals surface area contributed by atoms with Crippen LogP contribution in [0.4, 0.5) is 0 Å². The monoisotopic (exact) mass is 662 g/mol. The van der Waals surface area contributed by atoms with Crippen LogP contribution in [-0.4, -0.2) is 0 Å². The van der Waals surface area contributed by atoms with E-state index >= 15 is 0 Å². The van der Waals surface area contributed by atoms with Crippen LogP contribution in [0.1, 0.15) is 84.7 Å². The van der Waals surface area contributed by atoms with Gasteiger partial charge in [-0.05, 0) is 59.1 Å². The Labute approximate surface area is 217 Å². The number of alkyl halides is 4. The van der Waals surface area contributed by atoms with Crippen LogP contribution in [0, 0.1) is 0 Å². The fourth-order valence-electron chi connectivity index (χ4n) is 3.99. The van der Waals surface area contributed by atoms with Crippen LogP contribution in [0.5, 0.6) is 0 Å². The molecular weight excluding hydrogens is 632 g/mol. The van der Waals surface area contributed by atoms with E-state index in [2.05, 4.69) is 100 Å². The Balaban J connectivity index is 1.54. The Morgan fingerprint density at radius 1 is 0.333 bits per heavy atom. The number of hydrogen-bond acceptors (Lipinski definition) is 0. The van der Waals surface area contributed by atoms with E-state index in [1.807, 2.05) is 0 Å². The van der Waals surface area contributed by atoms with Gasteiger partial charge >= 0.3 is 0 Å².